The van der Waals surface area contributed by atoms with Gasteiger partial charge in [-0.15, -0.1) is 0 Å². The van der Waals surface area contributed by atoms with E-state index in [1.807, 2.05) is 18.2 Å². The molecule has 4 nitrogen and oxygen atoms in total. The van der Waals surface area contributed by atoms with Crippen LogP contribution >= 0.6 is 0 Å². The van der Waals surface area contributed by atoms with Crippen LogP contribution in [0, 0.1) is 0 Å². The predicted molar refractivity (Wildman–Crippen MR) is 70.3 cm³/mol. The fraction of sp³-hybridized carbons (Fsp3) is 0.308. The standard InChI is InChI=1S/C13H14O4S/c1-16-6-7-18(15)9-12(14)11-8-17-13-5-3-2-4-10(11)13/h2-5,8H,6-7,9H2,1H3. The third-order valence-corrected chi connectivity index (χ3v) is 3.79. The number of hydrogen-bond donors (Lipinski definition) is 0. The van der Waals surface area contributed by atoms with Crippen LogP contribution in [0.4, 0.5) is 0 Å². The molecular formula is C13H14O4S. The van der Waals surface area contributed by atoms with Gasteiger partial charge in [-0.05, 0) is 6.07 Å². The minimum atomic E-state index is -1.19. The predicted octanol–water partition coefficient (Wildman–Crippen LogP) is 2.01. The Labute approximate surface area is 107 Å². The summed E-state index contributed by atoms with van der Waals surface area (Å²) in [5.74, 6) is 0.222. The van der Waals surface area contributed by atoms with Gasteiger partial charge in [0.05, 0.1) is 17.9 Å². The van der Waals surface area contributed by atoms with E-state index in [2.05, 4.69) is 0 Å². The molecule has 18 heavy (non-hydrogen) atoms. The number of carbonyl (C=O) groups excluding carboxylic acids is 1. The Balaban J connectivity index is 2.12. The number of benzene rings is 1. The summed E-state index contributed by atoms with van der Waals surface area (Å²) in [6.45, 7) is 0.395. The Kier molecular flexibility index (Phi) is 4.28. The first kappa shape index (κ1) is 13.0. The van der Waals surface area contributed by atoms with Crippen molar-refractivity contribution in [3.63, 3.8) is 0 Å². The lowest BCUT2D eigenvalue weighted by molar-refractivity contribution is 0.102. The van der Waals surface area contributed by atoms with E-state index >= 15 is 0 Å². The second-order valence-electron chi connectivity index (χ2n) is 3.85. The van der Waals surface area contributed by atoms with E-state index in [0.717, 1.165) is 5.39 Å². The molecule has 0 radical (unpaired) electrons. The first-order valence-electron chi connectivity index (χ1n) is 5.55. The van der Waals surface area contributed by atoms with Gasteiger partial charge in [0, 0.05) is 29.0 Å². The van der Waals surface area contributed by atoms with E-state index in [9.17, 15) is 9.00 Å². The zero-order valence-corrected chi connectivity index (χ0v) is 10.9. The number of methoxy groups -OCH3 is 1. The van der Waals surface area contributed by atoms with Gasteiger partial charge in [-0.25, -0.2) is 0 Å². The van der Waals surface area contributed by atoms with Crippen molar-refractivity contribution in [1.29, 1.82) is 0 Å². The van der Waals surface area contributed by atoms with Crippen molar-refractivity contribution in [2.45, 2.75) is 0 Å². The van der Waals surface area contributed by atoms with E-state index in [4.69, 9.17) is 9.15 Å². The first-order chi connectivity index (χ1) is 8.72. The highest BCUT2D eigenvalue weighted by molar-refractivity contribution is 7.85. The number of fused-ring (bicyclic) bond motifs is 1. The minimum Gasteiger partial charge on any atom is -0.464 e. The molecule has 2 rings (SSSR count). The summed E-state index contributed by atoms with van der Waals surface area (Å²) in [4.78, 5) is 12.0. The quantitative estimate of drug-likeness (QED) is 0.750. The van der Waals surface area contributed by atoms with Crippen LogP contribution < -0.4 is 0 Å². The monoisotopic (exact) mass is 266 g/mol. The van der Waals surface area contributed by atoms with Crippen molar-refractivity contribution in [2.75, 3.05) is 25.2 Å². The van der Waals surface area contributed by atoms with Gasteiger partial charge in [-0.2, -0.15) is 0 Å². The highest BCUT2D eigenvalue weighted by atomic mass is 32.2. The number of furan rings is 1. The van der Waals surface area contributed by atoms with Crippen LogP contribution in [0.25, 0.3) is 11.0 Å². The zero-order valence-electron chi connectivity index (χ0n) is 10.0. The zero-order chi connectivity index (χ0) is 13.0. The maximum Gasteiger partial charge on any atom is 0.179 e. The van der Waals surface area contributed by atoms with Crippen molar-refractivity contribution in [3.8, 4) is 0 Å². The van der Waals surface area contributed by atoms with Gasteiger partial charge in [-0.1, -0.05) is 18.2 Å². The highest BCUT2D eigenvalue weighted by Gasteiger charge is 2.15. The average molecular weight is 266 g/mol. The van der Waals surface area contributed by atoms with Gasteiger partial charge >= 0.3 is 0 Å². The van der Waals surface area contributed by atoms with E-state index in [0.29, 0.717) is 23.5 Å². The van der Waals surface area contributed by atoms with Gasteiger partial charge in [-0.3, -0.25) is 9.00 Å². The van der Waals surface area contributed by atoms with Crippen LogP contribution in [-0.4, -0.2) is 35.2 Å². The lowest BCUT2D eigenvalue weighted by Crippen LogP contribution is -2.15. The van der Waals surface area contributed by atoms with E-state index < -0.39 is 10.8 Å². The van der Waals surface area contributed by atoms with Crippen LogP contribution in [0.15, 0.2) is 34.9 Å². The molecule has 0 aliphatic rings. The van der Waals surface area contributed by atoms with Crippen LogP contribution in [-0.2, 0) is 15.5 Å². The van der Waals surface area contributed by atoms with Gasteiger partial charge in [0.25, 0.3) is 0 Å². The molecule has 0 bridgehead atoms. The van der Waals surface area contributed by atoms with Crippen molar-refractivity contribution in [1.82, 2.24) is 0 Å². The molecule has 0 saturated carbocycles. The third-order valence-electron chi connectivity index (χ3n) is 2.59. The van der Waals surface area contributed by atoms with Gasteiger partial charge < -0.3 is 9.15 Å². The van der Waals surface area contributed by atoms with E-state index in [1.54, 1.807) is 13.2 Å². The fourth-order valence-corrected chi connectivity index (χ4v) is 2.61. The molecule has 0 aliphatic carbocycles. The molecule has 0 amide bonds. The lowest BCUT2D eigenvalue weighted by Gasteiger charge is -2.00. The van der Waals surface area contributed by atoms with Gasteiger partial charge in [0.1, 0.15) is 11.8 Å². The molecule has 1 heterocycles. The third kappa shape index (κ3) is 2.86. The molecule has 0 fully saturated rings. The molecule has 1 aromatic heterocycles. The number of ether oxygens (including phenoxy) is 1. The molecule has 0 N–H and O–H groups in total. The molecule has 0 aliphatic heterocycles. The van der Waals surface area contributed by atoms with Crippen LogP contribution in [0.5, 0.6) is 0 Å². The average Bonchev–Trinajstić information content (AvgIpc) is 2.80. The Hall–Kier alpha value is -1.46. The van der Waals surface area contributed by atoms with Crippen LogP contribution in [0.1, 0.15) is 10.4 Å². The van der Waals surface area contributed by atoms with Crippen molar-refractivity contribution in [3.05, 3.63) is 36.1 Å². The molecular weight excluding hydrogens is 252 g/mol. The summed E-state index contributed by atoms with van der Waals surface area (Å²) >= 11 is 0. The topological polar surface area (TPSA) is 56.5 Å². The van der Waals surface area contributed by atoms with Crippen molar-refractivity contribution >= 4 is 27.6 Å². The highest BCUT2D eigenvalue weighted by Crippen LogP contribution is 2.21. The van der Waals surface area contributed by atoms with Gasteiger partial charge in [0.2, 0.25) is 0 Å². The van der Waals surface area contributed by atoms with Crippen molar-refractivity contribution < 1.29 is 18.2 Å². The number of carbonyl (C=O) groups is 1. The number of Topliss-reactive ketones (excluding diaryl/α,β-unsaturated/α-hetero) is 1. The summed E-state index contributed by atoms with van der Waals surface area (Å²) in [6, 6.07) is 7.31. The van der Waals surface area contributed by atoms with Gasteiger partial charge in [0.15, 0.2) is 5.78 Å². The molecule has 0 spiro atoms. The first-order valence-corrected chi connectivity index (χ1v) is 7.04. The Morgan fingerprint density at radius 2 is 2.17 bits per heavy atom. The Morgan fingerprint density at radius 1 is 1.39 bits per heavy atom. The second kappa shape index (κ2) is 5.93. The summed E-state index contributed by atoms with van der Waals surface area (Å²) in [6.07, 6.45) is 1.43. The summed E-state index contributed by atoms with van der Waals surface area (Å²) in [7, 11) is 0.351. The molecule has 5 heteroatoms. The second-order valence-corrected chi connectivity index (χ2v) is 5.43. The molecule has 1 unspecified atom stereocenters. The minimum absolute atomic E-state index is 0.00683. The number of rotatable bonds is 6. The molecule has 1 aromatic carbocycles. The molecule has 96 valence electrons. The molecule has 0 saturated heterocycles. The number of para-hydroxylation sites is 1. The Morgan fingerprint density at radius 3 is 2.94 bits per heavy atom. The lowest BCUT2D eigenvalue weighted by atomic mass is 10.1. The van der Waals surface area contributed by atoms with Crippen molar-refractivity contribution in [2.24, 2.45) is 0 Å². The number of ketones is 1. The van der Waals surface area contributed by atoms with Crippen LogP contribution in [0.2, 0.25) is 0 Å². The summed E-state index contributed by atoms with van der Waals surface area (Å²) < 4.78 is 21.7. The summed E-state index contributed by atoms with van der Waals surface area (Å²) in [5, 5.41) is 0.770. The van der Waals surface area contributed by atoms with E-state index in [1.165, 1.54) is 6.26 Å². The largest absolute Gasteiger partial charge is 0.464 e. The SMILES string of the molecule is COCCS(=O)CC(=O)c1coc2ccccc12. The van der Waals surface area contributed by atoms with Crippen LogP contribution in [0.3, 0.4) is 0 Å². The number of hydrogen-bond acceptors (Lipinski definition) is 4. The smallest absolute Gasteiger partial charge is 0.179 e. The molecule has 2 aromatic rings. The Bertz CT molecular complexity index is 573. The maximum atomic E-state index is 12.0. The van der Waals surface area contributed by atoms with E-state index in [-0.39, 0.29) is 11.5 Å². The molecule has 1 atom stereocenters. The fourth-order valence-electron chi connectivity index (χ4n) is 1.67. The summed E-state index contributed by atoms with van der Waals surface area (Å²) in [5.41, 5.74) is 1.17. The normalized spacial score (nSPS) is 12.7. The maximum absolute atomic E-state index is 12.0.